The van der Waals surface area contributed by atoms with Gasteiger partial charge in [-0.15, -0.1) is 0 Å². The van der Waals surface area contributed by atoms with E-state index >= 15 is 0 Å². The Bertz CT molecular complexity index is 617. The molecule has 3 heteroatoms. The van der Waals surface area contributed by atoms with Crippen molar-refractivity contribution in [1.82, 2.24) is 4.90 Å². The number of hydrogen-bond donors (Lipinski definition) is 0. The first-order valence-corrected chi connectivity index (χ1v) is 7.82. The van der Waals surface area contributed by atoms with Gasteiger partial charge in [0, 0.05) is 20.0 Å². The van der Waals surface area contributed by atoms with E-state index in [-0.39, 0.29) is 5.92 Å². The first-order chi connectivity index (χ1) is 10.5. The number of ether oxygens (including phenoxy) is 1. The molecule has 0 heterocycles. The highest BCUT2D eigenvalue weighted by atomic mass is 32.1. The fraction of sp³-hybridized carbons (Fsp3) is 0.316. The van der Waals surface area contributed by atoms with Gasteiger partial charge in [0.1, 0.15) is 5.75 Å². The largest absolute Gasteiger partial charge is 0.497 e. The number of aryl methyl sites for hydroxylation is 1. The Kier molecular flexibility index (Phi) is 5.56. The molecule has 0 amide bonds. The Morgan fingerprint density at radius 3 is 2.14 bits per heavy atom. The molecule has 0 saturated carbocycles. The van der Waals surface area contributed by atoms with Crippen molar-refractivity contribution in [2.24, 2.45) is 0 Å². The van der Waals surface area contributed by atoms with Crippen molar-refractivity contribution in [2.45, 2.75) is 19.3 Å². The normalized spacial score (nSPS) is 11.8. The van der Waals surface area contributed by atoms with Crippen LogP contribution in [0.4, 0.5) is 0 Å². The standard InChI is InChI=1S/C19H23NOS/c1-14-5-9-16(10-6-14)18(19(22)20(2)3)13-15-7-11-17(21-4)12-8-15/h5-12,18H,13H2,1-4H3. The molecule has 2 aromatic rings. The van der Waals surface area contributed by atoms with Crippen LogP contribution >= 0.6 is 12.2 Å². The molecular formula is C19H23NOS. The summed E-state index contributed by atoms with van der Waals surface area (Å²) in [5.41, 5.74) is 3.79. The molecule has 2 nitrogen and oxygen atoms in total. The first-order valence-electron chi connectivity index (χ1n) is 7.42. The number of hydrogen-bond acceptors (Lipinski definition) is 2. The minimum atomic E-state index is 0.207. The molecule has 22 heavy (non-hydrogen) atoms. The lowest BCUT2D eigenvalue weighted by atomic mass is 9.91. The highest BCUT2D eigenvalue weighted by molar-refractivity contribution is 7.80. The summed E-state index contributed by atoms with van der Waals surface area (Å²) in [5.74, 6) is 1.09. The topological polar surface area (TPSA) is 12.5 Å². The molecule has 0 fully saturated rings. The second kappa shape index (κ2) is 7.41. The van der Waals surface area contributed by atoms with Gasteiger partial charge in [-0.1, -0.05) is 54.2 Å². The van der Waals surface area contributed by atoms with E-state index < -0.39 is 0 Å². The smallest absolute Gasteiger partial charge is 0.118 e. The zero-order valence-corrected chi connectivity index (χ0v) is 14.5. The second-order valence-electron chi connectivity index (χ2n) is 5.75. The SMILES string of the molecule is COc1ccc(CC(C(=S)N(C)C)c2ccc(C)cc2)cc1. The van der Waals surface area contributed by atoms with Gasteiger partial charge in [0.25, 0.3) is 0 Å². The first kappa shape index (κ1) is 16.5. The van der Waals surface area contributed by atoms with Crippen LogP contribution in [-0.2, 0) is 6.42 Å². The molecule has 1 unspecified atom stereocenters. The summed E-state index contributed by atoms with van der Waals surface area (Å²) in [5, 5.41) is 0. The molecule has 0 aliphatic heterocycles. The number of nitrogens with zero attached hydrogens (tertiary/aromatic N) is 1. The van der Waals surface area contributed by atoms with Crippen LogP contribution in [0, 0.1) is 6.92 Å². The maximum atomic E-state index is 5.66. The summed E-state index contributed by atoms with van der Waals surface area (Å²) in [6.07, 6.45) is 0.893. The van der Waals surface area contributed by atoms with Crippen LogP contribution in [0.5, 0.6) is 5.75 Å². The van der Waals surface area contributed by atoms with Crippen molar-refractivity contribution in [1.29, 1.82) is 0 Å². The van der Waals surface area contributed by atoms with Gasteiger partial charge in [-0.2, -0.15) is 0 Å². The molecule has 2 aromatic carbocycles. The maximum absolute atomic E-state index is 5.66. The molecule has 0 radical (unpaired) electrons. The molecule has 0 N–H and O–H groups in total. The lowest BCUT2D eigenvalue weighted by Crippen LogP contribution is -2.27. The monoisotopic (exact) mass is 313 g/mol. The molecule has 0 saturated heterocycles. The van der Waals surface area contributed by atoms with Crippen molar-refractivity contribution < 1.29 is 4.74 Å². The molecule has 0 aromatic heterocycles. The summed E-state index contributed by atoms with van der Waals surface area (Å²) in [6.45, 7) is 2.10. The Morgan fingerprint density at radius 2 is 1.64 bits per heavy atom. The minimum Gasteiger partial charge on any atom is -0.497 e. The van der Waals surface area contributed by atoms with Gasteiger partial charge in [-0.05, 0) is 36.6 Å². The third-order valence-electron chi connectivity index (χ3n) is 3.82. The number of benzene rings is 2. The van der Waals surface area contributed by atoms with Crippen molar-refractivity contribution in [3.05, 3.63) is 65.2 Å². The van der Waals surface area contributed by atoms with E-state index in [1.807, 2.05) is 31.1 Å². The molecule has 0 aliphatic carbocycles. The molecule has 0 aliphatic rings. The van der Waals surface area contributed by atoms with Crippen LogP contribution in [0.25, 0.3) is 0 Å². The van der Waals surface area contributed by atoms with Crippen molar-refractivity contribution >= 4 is 17.2 Å². The number of rotatable bonds is 5. The van der Waals surface area contributed by atoms with Crippen LogP contribution in [0.2, 0.25) is 0 Å². The lowest BCUT2D eigenvalue weighted by molar-refractivity contribution is 0.414. The van der Waals surface area contributed by atoms with Gasteiger partial charge in [0.2, 0.25) is 0 Å². The van der Waals surface area contributed by atoms with Crippen LogP contribution in [0.15, 0.2) is 48.5 Å². The summed E-state index contributed by atoms with van der Waals surface area (Å²) < 4.78 is 5.22. The average Bonchev–Trinajstić information content (AvgIpc) is 2.53. The van der Waals surface area contributed by atoms with Gasteiger partial charge in [-0.3, -0.25) is 0 Å². The summed E-state index contributed by atoms with van der Waals surface area (Å²) >= 11 is 5.66. The fourth-order valence-electron chi connectivity index (χ4n) is 2.46. The van der Waals surface area contributed by atoms with Crippen molar-refractivity contribution in [2.75, 3.05) is 21.2 Å². The summed E-state index contributed by atoms with van der Waals surface area (Å²) in [6, 6.07) is 16.9. The van der Waals surface area contributed by atoms with E-state index in [1.165, 1.54) is 16.7 Å². The third-order valence-corrected chi connectivity index (χ3v) is 4.47. The molecular weight excluding hydrogens is 290 g/mol. The third kappa shape index (κ3) is 4.08. The van der Waals surface area contributed by atoms with Gasteiger partial charge < -0.3 is 9.64 Å². The summed E-state index contributed by atoms with van der Waals surface area (Å²) in [7, 11) is 5.71. The molecule has 0 spiro atoms. The summed E-state index contributed by atoms with van der Waals surface area (Å²) in [4.78, 5) is 2.99. The maximum Gasteiger partial charge on any atom is 0.118 e. The molecule has 0 bridgehead atoms. The second-order valence-corrected chi connectivity index (χ2v) is 6.17. The van der Waals surface area contributed by atoms with Gasteiger partial charge in [0.05, 0.1) is 12.1 Å². The Hall–Kier alpha value is -1.87. The van der Waals surface area contributed by atoms with Gasteiger partial charge >= 0.3 is 0 Å². The number of thiocarbonyl (C=S) groups is 1. The quantitative estimate of drug-likeness (QED) is 0.767. The lowest BCUT2D eigenvalue weighted by Gasteiger charge is -2.24. The van der Waals surface area contributed by atoms with Crippen molar-refractivity contribution in [3.63, 3.8) is 0 Å². The van der Waals surface area contributed by atoms with E-state index in [0.717, 1.165) is 17.2 Å². The van der Waals surface area contributed by atoms with Crippen LogP contribution in [-0.4, -0.2) is 31.1 Å². The number of likely N-dealkylation sites (N-methyl/N-ethyl adjacent to an activating group) is 1. The average molecular weight is 313 g/mol. The minimum absolute atomic E-state index is 0.207. The van der Waals surface area contributed by atoms with Crippen molar-refractivity contribution in [3.8, 4) is 5.75 Å². The van der Waals surface area contributed by atoms with E-state index in [4.69, 9.17) is 17.0 Å². The fourth-order valence-corrected chi connectivity index (χ4v) is 2.67. The number of methoxy groups -OCH3 is 1. The van der Waals surface area contributed by atoms with Crippen LogP contribution in [0.3, 0.4) is 0 Å². The predicted octanol–water partition coefficient (Wildman–Crippen LogP) is 4.22. The highest BCUT2D eigenvalue weighted by Crippen LogP contribution is 2.25. The predicted molar refractivity (Wildman–Crippen MR) is 96.9 cm³/mol. The van der Waals surface area contributed by atoms with E-state index in [2.05, 4.69) is 43.3 Å². The van der Waals surface area contributed by atoms with E-state index in [1.54, 1.807) is 7.11 Å². The Balaban J connectivity index is 2.27. The van der Waals surface area contributed by atoms with Crippen LogP contribution in [0.1, 0.15) is 22.6 Å². The molecule has 116 valence electrons. The van der Waals surface area contributed by atoms with Crippen LogP contribution < -0.4 is 4.74 Å². The molecule has 2 rings (SSSR count). The zero-order valence-electron chi connectivity index (χ0n) is 13.7. The van der Waals surface area contributed by atoms with Gasteiger partial charge in [-0.25, -0.2) is 0 Å². The van der Waals surface area contributed by atoms with E-state index in [0.29, 0.717) is 0 Å². The zero-order chi connectivity index (χ0) is 16.1. The van der Waals surface area contributed by atoms with E-state index in [9.17, 15) is 0 Å². The Labute approximate surface area is 138 Å². The molecule has 1 atom stereocenters. The van der Waals surface area contributed by atoms with Gasteiger partial charge in [0.15, 0.2) is 0 Å². The Morgan fingerprint density at radius 1 is 1.05 bits per heavy atom. The highest BCUT2D eigenvalue weighted by Gasteiger charge is 2.19.